The number of nitrogens with one attached hydrogen (secondary N) is 1. The maximum atomic E-state index is 13.8. The second kappa shape index (κ2) is 8.54. The van der Waals surface area contributed by atoms with Crippen LogP contribution in [-0.2, 0) is 17.8 Å². The third kappa shape index (κ3) is 4.98. The van der Waals surface area contributed by atoms with Gasteiger partial charge in [-0.25, -0.2) is 4.39 Å². The first-order valence-electron chi connectivity index (χ1n) is 9.06. The minimum Gasteiger partial charge on any atom is -0.371 e. The Bertz CT molecular complexity index is 763. The summed E-state index contributed by atoms with van der Waals surface area (Å²) in [4.78, 5) is 14.5. The Kier molecular flexibility index (Phi) is 6.15. The summed E-state index contributed by atoms with van der Waals surface area (Å²) in [6, 6.07) is 12.7. The molecule has 138 valence electrons. The number of piperidine rings is 1. The maximum absolute atomic E-state index is 13.8. The Balaban J connectivity index is 1.52. The monoisotopic (exact) mass is 374 g/mol. The lowest BCUT2D eigenvalue weighted by Crippen LogP contribution is -2.34. The molecule has 0 bridgehead atoms. The summed E-state index contributed by atoms with van der Waals surface area (Å²) in [5, 5.41) is 3.17. The number of carbonyl (C=O) groups excluding carboxylic acids is 1. The largest absolute Gasteiger partial charge is 0.371 e. The molecule has 1 aliphatic rings. The summed E-state index contributed by atoms with van der Waals surface area (Å²) in [5.74, 6) is 0.0731. The van der Waals surface area contributed by atoms with E-state index in [0.717, 1.165) is 24.6 Å². The number of rotatable bonds is 5. The minimum absolute atomic E-state index is 0.00670. The number of hydrogen-bond donors (Lipinski definition) is 1. The van der Waals surface area contributed by atoms with Crippen molar-refractivity contribution in [1.29, 1.82) is 0 Å². The second-order valence-corrected chi connectivity index (χ2v) is 7.49. The summed E-state index contributed by atoms with van der Waals surface area (Å²) in [7, 11) is 0. The zero-order valence-corrected chi connectivity index (χ0v) is 15.7. The van der Waals surface area contributed by atoms with Gasteiger partial charge in [-0.05, 0) is 54.2 Å². The highest BCUT2D eigenvalue weighted by Crippen LogP contribution is 2.23. The molecule has 1 unspecified atom stereocenters. The van der Waals surface area contributed by atoms with Gasteiger partial charge in [-0.1, -0.05) is 36.7 Å². The molecule has 1 saturated heterocycles. The molecule has 0 aromatic heterocycles. The molecule has 1 heterocycles. The average Bonchev–Trinajstić information content (AvgIpc) is 2.63. The van der Waals surface area contributed by atoms with E-state index < -0.39 is 5.82 Å². The van der Waals surface area contributed by atoms with Gasteiger partial charge in [-0.2, -0.15) is 0 Å². The van der Waals surface area contributed by atoms with Gasteiger partial charge in [-0.15, -0.1) is 0 Å². The lowest BCUT2D eigenvalue weighted by Gasteiger charge is -2.32. The molecule has 3 rings (SSSR count). The van der Waals surface area contributed by atoms with Crippen LogP contribution >= 0.6 is 11.6 Å². The van der Waals surface area contributed by atoms with Crippen LogP contribution in [0.2, 0.25) is 5.02 Å². The predicted octanol–water partition coefficient (Wildman–Crippen LogP) is 4.57. The Hall–Kier alpha value is -2.07. The Morgan fingerprint density at radius 1 is 1.27 bits per heavy atom. The summed E-state index contributed by atoms with van der Waals surface area (Å²) < 4.78 is 13.8. The van der Waals surface area contributed by atoms with Gasteiger partial charge in [0, 0.05) is 30.3 Å². The van der Waals surface area contributed by atoms with Crippen LogP contribution < -0.4 is 10.2 Å². The zero-order valence-electron chi connectivity index (χ0n) is 15.0. The van der Waals surface area contributed by atoms with Gasteiger partial charge in [0.1, 0.15) is 5.82 Å². The third-order valence-electron chi connectivity index (χ3n) is 4.81. The van der Waals surface area contributed by atoms with Gasteiger partial charge >= 0.3 is 0 Å². The number of amides is 1. The van der Waals surface area contributed by atoms with E-state index in [2.05, 4.69) is 29.3 Å². The number of hydrogen-bond acceptors (Lipinski definition) is 2. The van der Waals surface area contributed by atoms with Crippen molar-refractivity contribution in [2.45, 2.75) is 32.7 Å². The third-order valence-corrected chi connectivity index (χ3v) is 5.05. The highest BCUT2D eigenvalue weighted by molar-refractivity contribution is 6.30. The van der Waals surface area contributed by atoms with Crippen molar-refractivity contribution >= 4 is 23.2 Å². The van der Waals surface area contributed by atoms with Crippen molar-refractivity contribution in [2.24, 2.45) is 5.92 Å². The van der Waals surface area contributed by atoms with Crippen molar-refractivity contribution < 1.29 is 9.18 Å². The molecule has 0 aliphatic carbocycles. The number of carbonyl (C=O) groups is 1. The quantitative estimate of drug-likeness (QED) is 0.831. The fraction of sp³-hybridized carbons (Fsp3) is 0.381. The van der Waals surface area contributed by atoms with Gasteiger partial charge in [-0.3, -0.25) is 4.79 Å². The predicted molar refractivity (Wildman–Crippen MR) is 104 cm³/mol. The molecular formula is C21H24ClFN2O. The van der Waals surface area contributed by atoms with Gasteiger partial charge < -0.3 is 10.2 Å². The van der Waals surface area contributed by atoms with Gasteiger partial charge in [0.25, 0.3) is 0 Å². The summed E-state index contributed by atoms with van der Waals surface area (Å²) in [6.07, 6.45) is 2.54. The Labute approximate surface area is 159 Å². The van der Waals surface area contributed by atoms with Crippen LogP contribution in [0.3, 0.4) is 0 Å². The van der Waals surface area contributed by atoms with E-state index in [-0.39, 0.29) is 12.3 Å². The van der Waals surface area contributed by atoms with Crippen LogP contribution in [0.25, 0.3) is 0 Å². The number of nitrogens with zero attached hydrogens (tertiary/aromatic N) is 1. The molecule has 2 aromatic carbocycles. The molecule has 1 N–H and O–H groups in total. The van der Waals surface area contributed by atoms with E-state index in [4.69, 9.17) is 11.6 Å². The molecule has 0 radical (unpaired) electrons. The molecule has 0 spiro atoms. The second-order valence-electron chi connectivity index (χ2n) is 7.05. The first kappa shape index (κ1) is 18.7. The van der Waals surface area contributed by atoms with Crippen molar-refractivity contribution in [3.05, 3.63) is 64.4 Å². The minimum atomic E-state index is -0.451. The van der Waals surface area contributed by atoms with E-state index >= 15 is 0 Å². The zero-order chi connectivity index (χ0) is 18.5. The smallest absolute Gasteiger partial charge is 0.224 e. The van der Waals surface area contributed by atoms with Crippen molar-refractivity contribution in [3.63, 3.8) is 0 Å². The van der Waals surface area contributed by atoms with Gasteiger partial charge in [0.2, 0.25) is 5.91 Å². The molecule has 1 atom stereocenters. The lowest BCUT2D eigenvalue weighted by molar-refractivity contribution is -0.120. The van der Waals surface area contributed by atoms with Gasteiger partial charge in [0.05, 0.1) is 6.42 Å². The van der Waals surface area contributed by atoms with Crippen LogP contribution in [0.5, 0.6) is 0 Å². The van der Waals surface area contributed by atoms with E-state index in [9.17, 15) is 9.18 Å². The normalized spacial score (nSPS) is 17.2. The lowest BCUT2D eigenvalue weighted by atomic mass is 9.99. The van der Waals surface area contributed by atoms with Crippen LogP contribution in [0.1, 0.15) is 30.9 Å². The number of anilines is 1. The topological polar surface area (TPSA) is 32.3 Å². The summed E-state index contributed by atoms with van der Waals surface area (Å²) >= 11 is 5.73. The average molecular weight is 375 g/mol. The standard InChI is InChI=1S/C21H24ClFN2O/c1-15-3-2-10-25(14-15)19-8-4-16(5-9-19)13-24-21(26)11-17-6-7-18(22)12-20(17)23/h4-9,12,15H,2-3,10-11,13-14H2,1H3,(H,24,26). The fourth-order valence-electron chi connectivity index (χ4n) is 3.35. The van der Waals surface area contributed by atoms with E-state index in [1.165, 1.54) is 24.6 Å². The molecule has 1 amide bonds. The summed E-state index contributed by atoms with van der Waals surface area (Å²) in [6.45, 7) is 4.93. The summed E-state index contributed by atoms with van der Waals surface area (Å²) in [5.41, 5.74) is 2.61. The van der Waals surface area contributed by atoms with E-state index in [1.54, 1.807) is 12.1 Å². The highest BCUT2D eigenvalue weighted by atomic mass is 35.5. The van der Waals surface area contributed by atoms with Crippen LogP contribution in [0.15, 0.2) is 42.5 Å². The maximum Gasteiger partial charge on any atom is 0.224 e. The fourth-order valence-corrected chi connectivity index (χ4v) is 3.51. The van der Waals surface area contributed by atoms with Crippen LogP contribution in [0.4, 0.5) is 10.1 Å². The molecular weight excluding hydrogens is 351 g/mol. The molecule has 2 aromatic rings. The van der Waals surface area contributed by atoms with Gasteiger partial charge in [0.15, 0.2) is 0 Å². The molecule has 0 saturated carbocycles. The Morgan fingerprint density at radius 3 is 2.73 bits per heavy atom. The van der Waals surface area contributed by atoms with Crippen molar-refractivity contribution in [2.75, 3.05) is 18.0 Å². The molecule has 1 fully saturated rings. The molecule has 26 heavy (non-hydrogen) atoms. The molecule has 5 heteroatoms. The molecule has 1 aliphatic heterocycles. The number of benzene rings is 2. The SMILES string of the molecule is CC1CCCN(c2ccc(CNC(=O)Cc3ccc(Cl)cc3F)cc2)C1. The molecule has 3 nitrogen and oxygen atoms in total. The van der Waals surface area contributed by atoms with Crippen LogP contribution in [0, 0.1) is 11.7 Å². The van der Waals surface area contributed by atoms with Crippen LogP contribution in [-0.4, -0.2) is 19.0 Å². The Morgan fingerprint density at radius 2 is 2.04 bits per heavy atom. The van der Waals surface area contributed by atoms with Crippen molar-refractivity contribution in [1.82, 2.24) is 5.32 Å². The highest BCUT2D eigenvalue weighted by Gasteiger charge is 2.16. The first-order valence-corrected chi connectivity index (χ1v) is 9.43. The van der Waals surface area contributed by atoms with E-state index in [1.807, 2.05) is 12.1 Å². The van der Waals surface area contributed by atoms with Crippen molar-refractivity contribution in [3.8, 4) is 0 Å². The number of halogens is 2. The van der Waals surface area contributed by atoms with E-state index in [0.29, 0.717) is 17.1 Å². The first-order chi connectivity index (χ1) is 12.5.